The predicted molar refractivity (Wildman–Crippen MR) is 88.9 cm³/mol. The summed E-state index contributed by atoms with van der Waals surface area (Å²) in [5.41, 5.74) is 0. The first-order chi connectivity index (χ1) is 9.35. The van der Waals surface area contributed by atoms with Crippen LogP contribution in [0.3, 0.4) is 0 Å². The molecule has 118 valence electrons. The normalized spacial score (nSPS) is 10.4. The number of hydrazine groups is 1. The Morgan fingerprint density at radius 3 is 1.32 bits per heavy atom. The van der Waals surface area contributed by atoms with Crippen LogP contribution in [0.2, 0.25) is 0 Å². The summed E-state index contributed by atoms with van der Waals surface area (Å²) in [4.78, 5) is 0. The van der Waals surface area contributed by atoms with Crippen LogP contribution in [0.5, 0.6) is 0 Å². The standard InChI is InChI=1S/C17H36.H4N2/c1-4-7-8-9-10-11-12-13-14-15-16-17(5-2)6-3;1-2/h17H,4-16H2,1-3H3;1-2H2. The molecule has 0 unspecified atom stereocenters. The van der Waals surface area contributed by atoms with Gasteiger partial charge in [0.2, 0.25) is 0 Å². The molecule has 0 saturated carbocycles. The Balaban J connectivity index is 0. The Morgan fingerprint density at radius 2 is 0.947 bits per heavy atom. The van der Waals surface area contributed by atoms with Gasteiger partial charge in [0.15, 0.2) is 0 Å². The molecule has 0 saturated heterocycles. The van der Waals surface area contributed by atoms with Gasteiger partial charge >= 0.3 is 0 Å². The second kappa shape index (κ2) is 20.2. The quantitative estimate of drug-likeness (QED) is 0.262. The van der Waals surface area contributed by atoms with E-state index in [2.05, 4.69) is 32.5 Å². The van der Waals surface area contributed by atoms with Crippen molar-refractivity contribution in [2.75, 3.05) is 0 Å². The number of hydrogen-bond acceptors (Lipinski definition) is 2. The fraction of sp³-hybridized carbons (Fsp3) is 1.00. The average Bonchev–Trinajstić information content (AvgIpc) is 2.47. The fourth-order valence-electron chi connectivity index (χ4n) is 2.62. The molecule has 0 spiro atoms. The van der Waals surface area contributed by atoms with Gasteiger partial charge in [-0.1, -0.05) is 104 Å². The highest BCUT2D eigenvalue weighted by atomic mass is 15.0. The first kappa shape index (κ1) is 21.2. The van der Waals surface area contributed by atoms with E-state index in [0.29, 0.717) is 0 Å². The Bertz CT molecular complexity index is 133. The zero-order valence-corrected chi connectivity index (χ0v) is 13.9. The summed E-state index contributed by atoms with van der Waals surface area (Å²) in [5, 5.41) is 0. The van der Waals surface area contributed by atoms with E-state index in [4.69, 9.17) is 0 Å². The SMILES string of the molecule is CCCCCCCCCCCCC(CC)CC.NN. The smallest absolute Gasteiger partial charge is 0.0420 e. The third-order valence-corrected chi connectivity index (χ3v) is 4.12. The largest absolute Gasteiger partial charge is 0.274 e. The van der Waals surface area contributed by atoms with Crippen LogP contribution >= 0.6 is 0 Å². The van der Waals surface area contributed by atoms with Crippen molar-refractivity contribution in [1.82, 2.24) is 0 Å². The molecule has 0 aromatic rings. The van der Waals surface area contributed by atoms with Crippen LogP contribution < -0.4 is 11.7 Å². The van der Waals surface area contributed by atoms with Crippen molar-refractivity contribution in [3.8, 4) is 0 Å². The second-order valence-corrected chi connectivity index (χ2v) is 5.65. The molecule has 4 N–H and O–H groups in total. The molecular weight excluding hydrogens is 232 g/mol. The van der Waals surface area contributed by atoms with Gasteiger partial charge in [-0.3, -0.25) is 11.7 Å². The van der Waals surface area contributed by atoms with Gasteiger partial charge in [0.1, 0.15) is 0 Å². The molecule has 0 aliphatic heterocycles. The van der Waals surface area contributed by atoms with Gasteiger partial charge in [0.25, 0.3) is 0 Å². The topological polar surface area (TPSA) is 52.0 Å². The average molecular weight is 273 g/mol. The molecule has 0 bridgehead atoms. The molecule has 0 amide bonds. The van der Waals surface area contributed by atoms with E-state index in [1.54, 1.807) is 0 Å². The Hall–Kier alpha value is -0.0800. The lowest BCUT2D eigenvalue weighted by Crippen LogP contribution is -2.02. The van der Waals surface area contributed by atoms with E-state index in [1.807, 2.05) is 0 Å². The summed E-state index contributed by atoms with van der Waals surface area (Å²) in [7, 11) is 0. The highest BCUT2D eigenvalue weighted by Crippen LogP contribution is 2.18. The van der Waals surface area contributed by atoms with Crippen LogP contribution in [0.1, 0.15) is 104 Å². The van der Waals surface area contributed by atoms with Crippen molar-refractivity contribution in [2.45, 2.75) is 104 Å². The van der Waals surface area contributed by atoms with Crippen LogP contribution in [0.15, 0.2) is 0 Å². The monoisotopic (exact) mass is 272 g/mol. The lowest BCUT2D eigenvalue weighted by atomic mass is 9.95. The van der Waals surface area contributed by atoms with Crippen LogP contribution in [0.25, 0.3) is 0 Å². The van der Waals surface area contributed by atoms with E-state index in [9.17, 15) is 0 Å². The number of nitrogens with two attached hydrogens (primary N) is 2. The fourth-order valence-corrected chi connectivity index (χ4v) is 2.62. The van der Waals surface area contributed by atoms with E-state index in [0.717, 1.165) is 5.92 Å². The van der Waals surface area contributed by atoms with Gasteiger partial charge in [-0.25, -0.2) is 0 Å². The molecule has 0 aliphatic carbocycles. The minimum atomic E-state index is 1.00. The molecule has 0 radical (unpaired) electrons. The molecule has 0 heterocycles. The number of rotatable bonds is 13. The van der Waals surface area contributed by atoms with Crippen molar-refractivity contribution in [2.24, 2.45) is 17.6 Å². The van der Waals surface area contributed by atoms with Gasteiger partial charge in [0.05, 0.1) is 0 Å². The number of unbranched alkanes of at least 4 members (excludes halogenated alkanes) is 9. The van der Waals surface area contributed by atoms with Crippen molar-refractivity contribution in [3.05, 3.63) is 0 Å². The zero-order chi connectivity index (χ0) is 14.8. The lowest BCUT2D eigenvalue weighted by molar-refractivity contribution is 0.426. The van der Waals surface area contributed by atoms with Crippen LogP contribution in [0.4, 0.5) is 0 Å². The maximum atomic E-state index is 4.00. The molecule has 0 atom stereocenters. The lowest BCUT2D eigenvalue weighted by Gasteiger charge is -2.11. The highest BCUT2D eigenvalue weighted by molar-refractivity contribution is 4.55. The summed E-state index contributed by atoms with van der Waals surface area (Å²) in [6.07, 6.45) is 18.9. The molecule has 0 fully saturated rings. The van der Waals surface area contributed by atoms with Gasteiger partial charge < -0.3 is 0 Å². The minimum Gasteiger partial charge on any atom is -0.274 e. The van der Waals surface area contributed by atoms with Crippen molar-refractivity contribution < 1.29 is 0 Å². The van der Waals surface area contributed by atoms with E-state index >= 15 is 0 Å². The van der Waals surface area contributed by atoms with Gasteiger partial charge in [-0.05, 0) is 5.92 Å². The van der Waals surface area contributed by atoms with E-state index < -0.39 is 0 Å². The van der Waals surface area contributed by atoms with Crippen LogP contribution in [-0.4, -0.2) is 0 Å². The molecule has 2 nitrogen and oxygen atoms in total. The van der Waals surface area contributed by atoms with Crippen LogP contribution in [-0.2, 0) is 0 Å². The molecule has 19 heavy (non-hydrogen) atoms. The maximum Gasteiger partial charge on any atom is -0.0420 e. The third kappa shape index (κ3) is 17.9. The van der Waals surface area contributed by atoms with E-state index in [1.165, 1.54) is 83.5 Å². The Kier molecular flexibility index (Phi) is 22.6. The zero-order valence-electron chi connectivity index (χ0n) is 13.9. The summed E-state index contributed by atoms with van der Waals surface area (Å²) >= 11 is 0. The van der Waals surface area contributed by atoms with Crippen molar-refractivity contribution >= 4 is 0 Å². The first-order valence-corrected chi connectivity index (χ1v) is 8.68. The summed E-state index contributed by atoms with van der Waals surface area (Å²) in [6, 6.07) is 0. The summed E-state index contributed by atoms with van der Waals surface area (Å²) in [5.74, 6) is 9.00. The molecular formula is C17H40N2. The van der Waals surface area contributed by atoms with Crippen molar-refractivity contribution in [3.63, 3.8) is 0 Å². The molecule has 0 aromatic heterocycles. The van der Waals surface area contributed by atoms with Gasteiger partial charge in [-0.15, -0.1) is 0 Å². The van der Waals surface area contributed by atoms with Gasteiger partial charge in [-0.2, -0.15) is 0 Å². The molecule has 0 aliphatic rings. The van der Waals surface area contributed by atoms with E-state index in [-0.39, 0.29) is 0 Å². The van der Waals surface area contributed by atoms with Crippen molar-refractivity contribution in [1.29, 1.82) is 0 Å². The van der Waals surface area contributed by atoms with Crippen LogP contribution in [0, 0.1) is 5.92 Å². The minimum absolute atomic E-state index is 1.00. The number of hydrogen-bond donors (Lipinski definition) is 2. The third-order valence-electron chi connectivity index (χ3n) is 4.12. The first-order valence-electron chi connectivity index (χ1n) is 8.68. The molecule has 0 rings (SSSR count). The Labute approximate surface area is 122 Å². The molecule has 2 heteroatoms. The highest BCUT2D eigenvalue weighted by Gasteiger charge is 2.02. The predicted octanol–water partition coefficient (Wildman–Crippen LogP) is 5.55. The maximum absolute atomic E-state index is 4.00. The summed E-state index contributed by atoms with van der Waals surface area (Å²) in [6.45, 7) is 6.97. The second-order valence-electron chi connectivity index (χ2n) is 5.65. The molecule has 0 aromatic carbocycles. The van der Waals surface area contributed by atoms with Gasteiger partial charge in [0, 0.05) is 0 Å². The Morgan fingerprint density at radius 1 is 0.579 bits per heavy atom. The summed E-state index contributed by atoms with van der Waals surface area (Å²) < 4.78 is 0.